The molecule has 0 bridgehead atoms. The molecule has 1 N–H and O–H groups in total. The largest absolute Gasteiger partial charge is 0.507 e. The average molecular weight is 303 g/mol. The number of ketones is 1. The van der Waals surface area contributed by atoms with E-state index in [2.05, 4.69) is 20.7 Å². The van der Waals surface area contributed by atoms with Crippen LogP contribution in [0.1, 0.15) is 17.3 Å². The molecule has 0 unspecified atom stereocenters. The maximum absolute atomic E-state index is 11.6. The SMILES string of the molecule is CCOC(=O)C(=O)c1cc(Br)c(OC)cc1O. The minimum Gasteiger partial charge on any atom is -0.507 e. The molecule has 0 saturated heterocycles. The molecule has 0 spiro atoms. The Morgan fingerprint density at radius 1 is 1.41 bits per heavy atom. The van der Waals surface area contributed by atoms with Crippen molar-refractivity contribution in [3.05, 3.63) is 22.2 Å². The van der Waals surface area contributed by atoms with Crippen molar-refractivity contribution in [1.82, 2.24) is 0 Å². The number of hydrogen-bond acceptors (Lipinski definition) is 5. The van der Waals surface area contributed by atoms with Crippen molar-refractivity contribution < 1.29 is 24.2 Å². The van der Waals surface area contributed by atoms with Crippen LogP contribution in [0.3, 0.4) is 0 Å². The zero-order valence-corrected chi connectivity index (χ0v) is 10.9. The summed E-state index contributed by atoms with van der Waals surface area (Å²) in [7, 11) is 1.42. The van der Waals surface area contributed by atoms with Crippen molar-refractivity contribution in [3.8, 4) is 11.5 Å². The van der Waals surface area contributed by atoms with Crippen LogP contribution in [0.2, 0.25) is 0 Å². The molecule has 1 rings (SSSR count). The van der Waals surface area contributed by atoms with E-state index in [1.54, 1.807) is 6.92 Å². The summed E-state index contributed by atoms with van der Waals surface area (Å²) >= 11 is 3.16. The number of aromatic hydroxyl groups is 1. The second kappa shape index (κ2) is 5.67. The van der Waals surface area contributed by atoms with Gasteiger partial charge in [-0.2, -0.15) is 0 Å². The zero-order chi connectivity index (χ0) is 13.0. The van der Waals surface area contributed by atoms with Crippen molar-refractivity contribution in [2.24, 2.45) is 0 Å². The maximum Gasteiger partial charge on any atom is 0.379 e. The minimum atomic E-state index is -1.00. The Kier molecular flexibility index (Phi) is 4.51. The molecule has 0 atom stereocenters. The molecule has 92 valence electrons. The highest BCUT2D eigenvalue weighted by molar-refractivity contribution is 9.10. The molecular formula is C11H11BrO5. The highest BCUT2D eigenvalue weighted by Crippen LogP contribution is 2.32. The predicted molar refractivity (Wildman–Crippen MR) is 63.3 cm³/mol. The van der Waals surface area contributed by atoms with E-state index in [0.29, 0.717) is 10.2 Å². The number of hydrogen-bond donors (Lipinski definition) is 1. The monoisotopic (exact) mass is 302 g/mol. The third-order valence-corrected chi connectivity index (χ3v) is 2.60. The normalized spacial score (nSPS) is 9.82. The fraction of sp³-hybridized carbons (Fsp3) is 0.273. The Balaban J connectivity index is 3.11. The van der Waals surface area contributed by atoms with Gasteiger partial charge in [-0.25, -0.2) is 4.79 Å². The van der Waals surface area contributed by atoms with Crippen LogP contribution >= 0.6 is 15.9 Å². The molecule has 17 heavy (non-hydrogen) atoms. The first-order chi connectivity index (χ1) is 8.01. The summed E-state index contributed by atoms with van der Waals surface area (Å²) in [5, 5.41) is 9.60. The van der Waals surface area contributed by atoms with Crippen LogP contribution < -0.4 is 4.74 Å². The van der Waals surface area contributed by atoms with E-state index < -0.39 is 11.8 Å². The average Bonchev–Trinajstić information content (AvgIpc) is 2.31. The van der Waals surface area contributed by atoms with Gasteiger partial charge in [0.2, 0.25) is 0 Å². The fourth-order valence-corrected chi connectivity index (χ4v) is 1.69. The van der Waals surface area contributed by atoms with Crippen molar-refractivity contribution in [3.63, 3.8) is 0 Å². The number of methoxy groups -OCH3 is 1. The fourth-order valence-electron chi connectivity index (χ4n) is 1.19. The summed E-state index contributed by atoms with van der Waals surface area (Å²) in [6.07, 6.45) is 0. The van der Waals surface area contributed by atoms with Gasteiger partial charge in [-0.05, 0) is 28.9 Å². The van der Waals surface area contributed by atoms with Crippen LogP contribution in [-0.4, -0.2) is 30.6 Å². The first-order valence-electron chi connectivity index (χ1n) is 4.79. The van der Waals surface area contributed by atoms with Crippen molar-refractivity contribution in [2.75, 3.05) is 13.7 Å². The van der Waals surface area contributed by atoms with Crippen LogP contribution in [-0.2, 0) is 9.53 Å². The molecule has 5 nitrogen and oxygen atoms in total. The lowest BCUT2D eigenvalue weighted by Crippen LogP contribution is -2.17. The standard InChI is InChI=1S/C11H11BrO5/c1-3-17-11(15)10(14)6-4-7(12)9(16-2)5-8(6)13/h4-5,13H,3H2,1-2H3. The topological polar surface area (TPSA) is 72.8 Å². The summed E-state index contributed by atoms with van der Waals surface area (Å²) in [6, 6.07) is 2.56. The van der Waals surface area contributed by atoms with Gasteiger partial charge in [-0.1, -0.05) is 0 Å². The number of halogens is 1. The molecule has 6 heteroatoms. The van der Waals surface area contributed by atoms with Gasteiger partial charge >= 0.3 is 5.97 Å². The van der Waals surface area contributed by atoms with Crippen LogP contribution in [0.5, 0.6) is 11.5 Å². The van der Waals surface area contributed by atoms with Crippen LogP contribution in [0.15, 0.2) is 16.6 Å². The number of benzene rings is 1. The van der Waals surface area contributed by atoms with Gasteiger partial charge in [0.05, 0.1) is 23.8 Å². The molecule has 0 aliphatic carbocycles. The Bertz CT molecular complexity index is 455. The number of ether oxygens (including phenoxy) is 2. The Labute approximate surface area is 106 Å². The van der Waals surface area contributed by atoms with E-state index in [9.17, 15) is 14.7 Å². The number of phenols is 1. The third-order valence-electron chi connectivity index (χ3n) is 1.98. The first-order valence-corrected chi connectivity index (χ1v) is 5.58. The molecule has 0 saturated carbocycles. The van der Waals surface area contributed by atoms with E-state index >= 15 is 0 Å². The second-order valence-corrected chi connectivity index (χ2v) is 3.91. The van der Waals surface area contributed by atoms with Crippen LogP contribution in [0, 0.1) is 0 Å². The summed E-state index contributed by atoms with van der Waals surface area (Å²) in [5.74, 6) is -1.86. The maximum atomic E-state index is 11.6. The van der Waals surface area contributed by atoms with Crippen LogP contribution in [0.25, 0.3) is 0 Å². The van der Waals surface area contributed by atoms with Crippen molar-refractivity contribution in [1.29, 1.82) is 0 Å². The summed E-state index contributed by atoms with van der Waals surface area (Å²) in [4.78, 5) is 22.8. The number of carbonyl (C=O) groups is 2. The lowest BCUT2D eigenvalue weighted by molar-refractivity contribution is -0.137. The second-order valence-electron chi connectivity index (χ2n) is 3.05. The number of carbonyl (C=O) groups excluding carboxylic acids is 2. The molecule has 0 aliphatic heterocycles. The smallest absolute Gasteiger partial charge is 0.379 e. The molecule has 0 amide bonds. The van der Waals surface area contributed by atoms with Gasteiger partial charge in [0.1, 0.15) is 11.5 Å². The Hall–Kier alpha value is -1.56. The molecule has 0 fully saturated rings. The van der Waals surface area contributed by atoms with Gasteiger partial charge in [0.15, 0.2) is 0 Å². The molecular weight excluding hydrogens is 292 g/mol. The summed E-state index contributed by atoms with van der Waals surface area (Å²) in [6.45, 7) is 1.69. The van der Waals surface area contributed by atoms with Crippen molar-refractivity contribution >= 4 is 27.7 Å². The first kappa shape index (κ1) is 13.5. The molecule has 0 aromatic heterocycles. The Morgan fingerprint density at radius 2 is 2.06 bits per heavy atom. The number of Topliss-reactive ketones (excluding diaryl/α,β-unsaturated/α-hetero) is 1. The molecule has 0 radical (unpaired) electrons. The lowest BCUT2D eigenvalue weighted by Gasteiger charge is -2.08. The van der Waals surface area contributed by atoms with Gasteiger partial charge in [0.25, 0.3) is 5.78 Å². The van der Waals surface area contributed by atoms with Crippen LogP contribution in [0.4, 0.5) is 0 Å². The quantitative estimate of drug-likeness (QED) is 0.522. The summed E-state index contributed by atoms with van der Waals surface area (Å²) < 4.78 is 9.96. The van der Waals surface area contributed by atoms with E-state index in [4.69, 9.17) is 4.74 Å². The van der Waals surface area contributed by atoms with Gasteiger partial charge in [-0.3, -0.25) is 4.79 Å². The van der Waals surface area contributed by atoms with Gasteiger partial charge in [0, 0.05) is 6.07 Å². The lowest BCUT2D eigenvalue weighted by atomic mass is 10.1. The molecule has 1 aromatic rings. The van der Waals surface area contributed by atoms with E-state index in [0.717, 1.165) is 0 Å². The minimum absolute atomic E-state index is 0.0999. The highest BCUT2D eigenvalue weighted by Gasteiger charge is 2.22. The van der Waals surface area contributed by atoms with Crippen molar-refractivity contribution in [2.45, 2.75) is 6.92 Å². The molecule has 0 heterocycles. The van der Waals surface area contributed by atoms with E-state index in [1.807, 2.05) is 0 Å². The molecule has 1 aromatic carbocycles. The molecule has 0 aliphatic rings. The number of phenolic OH excluding ortho intramolecular Hbond substituents is 1. The number of rotatable bonds is 4. The van der Waals surface area contributed by atoms with E-state index in [1.165, 1.54) is 19.2 Å². The number of esters is 1. The van der Waals surface area contributed by atoms with Gasteiger partial charge in [-0.15, -0.1) is 0 Å². The summed E-state index contributed by atoms with van der Waals surface area (Å²) in [5.41, 5.74) is -0.129. The Morgan fingerprint density at radius 3 is 2.59 bits per heavy atom. The van der Waals surface area contributed by atoms with E-state index in [-0.39, 0.29) is 17.9 Å². The highest BCUT2D eigenvalue weighted by atomic mass is 79.9. The van der Waals surface area contributed by atoms with Gasteiger partial charge < -0.3 is 14.6 Å². The zero-order valence-electron chi connectivity index (χ0n) is 9.32. The predicted octanol–water partition coefficient (Wildman–Crippen LogP) is 1.91. The third kappa shape index (κ3) is 2.97.